The van der Waals surface area contributed by atoms with Gasteiger partial charge in [-0.25, -0.2) is 8.42 Å². The number of hydrogen-bond donors (Lipinski definition) is 1. The van der Waals surface area contributed by atoms with E-state index in [1.54, 1.807) is 0 Å². The van der Waals surface area contributed by atoms with Crippen LogP contribution >= 0.6 is 11.6 Å². The van der Waals surface area contributed by atoms with Crippen LogP contribution in [0.5, 0.6) is 0 Å². The molecule has 3 rings (SSSR count). The van der Waals surface area contributed by atoms with Crippen LogP contribution in [-0.4, -0.2) is 31.7 Å². The van der Waals surface area contributed by atoms with Gasteiger partial charge in [0, 0.05) is 24.3 Å². The summed E-state index contributed by atoms with van der Waals surface area (Å²) in [7, 11) is -3.69. The molecule has 0 atom stereocenters. The fraction of sp³-hybridized carbons (Fsp3) is 0.316. The average Bonchev–Trinajstić information content (AvgIpc) is 3.18. The van der Waals surface area contributed by atoms with E-state index in [4.69, 9.17) is 11.6 Å². The lowest BCUT2D eigenvalue weighted by atomic mass is 10.1. The zero-order valence-electron chi connectivity index (χ0n) is 14.5. The van der Waals surface area contributed by atoms with E-state index in [0.717, 1.165) is 30.5 Å². The molecule has 1 aliphatic rings. The van der Waals surface area contributed by atoms with Gasteiger partial charge in [-0.3, -0.25) is 4.79 Å². The van der Waals surface area contributed by atoms with E-state index in [0.29, 0.717) is 13.1 Å². The van der Waals surface area contributed by atoms with Crippen LogP contribution in [-0.2, 0) is 16.4 Å². The highest BCUT2D eigenvalue weighted by Gasteiger charge is 2.29. The van der Waals surface area contributed by atoms with E-state index < -0.39 is 10.0 Å². The van der Waals surface area contributed by atoms with E-state index in [1.807, 2.05) is 31.2 Å². The zero-order chi connectivity index (χ0) is 18.7. The highest BCUT2D eigenvalue weighted by molar-refractivity contribution is 7.89. The van der Waals surface area contributed by atoms with Gasteiger partial charge in [0.15, 0.2) is 0 Å². The molecule has 1 heterocycles. The largest absolute Gasteiger partial charge is 0.322 e. The third-order valence-corrected chi connectivity index (χ3v) is 6.90. The Balaban J connectivity index is 1.90. The Labute approximate surface area is 159 Å². The van der Waals surface area contributed by atoms with Crippen LogP contribution in [0.15, 0.2) is 47.4 Å². The summed E-state index contributed by atoms with van der Waals surface area (Å²) in [5.74, 6) is -0.361. The minimum absolute atomic E-state index is 0.0162. The molecule has 7 heteroatoms. The molecule has 1 N–H and O–H groups in total. The van der Waals surface area contributed by atoms with Crippen molar-refractivity contribution < 1.29 is 13.2 Å². The van der Waals surface area contributed by atoms with Crippen molar-refractivity contribution in [3.63, 3.8) is 0 Å². The monoisotopic (exact) mass is 392 g/mol. The Morgan fingerprint density at radius 2 is 1.85 bits per heavy atom. The van der Waals surface area contributed by atoms with Gasteiger partial charge in [0.25, 0.3) is 5.91 Å². The molecule has 0 saturated carbocycles. The van der Waals surface area contributed by atoms with E-state index in [1.165, 1.54) is 22.5 Å². The van der Waals surface area contributed by atoms with Crippen molar-refractivity contribution in [3.05, 3.63) is 58.6 Å². The second kappa shape index (κ2) is 7.78. The molecule has 138 valence electrons. The first kappa shape index (κ1) is 18.9. The summed E-state index contributed by atoms with van der Waals surface area (Å²) in [5.41, 5.74) is 2.00. The molecular weight excluding hydrogens is 372 g/mol. The van der Waals surface area contributed by atoms with Crippen molar-refractivity contribution in [3.8, 4) is 0 Å². The van der Waals surface area contributed by atoms with Crippen molar-refractivity contribution in [2.75, 3.05) is 18.4 Å². The standard InChI is InChI=1S/C19H21ClN2O3S/c1-2-14-7-3-4-8-17(14)21-19(23)15-9-10-16(20)18(13-15)26(24,25)22-11-5-6-12-22/h3-4,7-10,13H,2,5-6,11-12H2,1H3,(H,21,23). The Bertz CT molecular complexity index is 922. The molecule has 0 radical (unpaired) electrons. The first-order valence-corrected chi connectivity index (χ1v) is 10.4. The maximum Gasteiger partial charge on any atom is 0.255 e. The van der Waals surface area contributed by atoms with E-state index in [9.17, 15) is 13.2 Å². The number of nitrogens with one attached hydrogen (secondary N) is 1. The maximum absolute atomic E-state index is 12.8. The van der Waals surface area contributed by atoms with Gasteiger partial charge in [0.05, 0.1) is 5.02 Å². The fourth-order valence-electron chi connectivity index (χ4n) is 3.05. The number of amides is 1. The van der Waals surface area contributed by atoms with Crippen molar-refractivity contribution in [2.24, 2.45) is 0 Å². The number of benzene rings is 2. The predicted molar refractivity (Wildman–Crippen MR) is 103 cm³/mol. The number of nitrogens with zero attached hydrogens (tertiary/aromatic N) is 1. The third kappa shape index (κ3) is 3.77. The Morgan fingerprint density at radius 1 is 1.15 bits per heavy atom. The second-order valence-corrected chi connectivity index (χ2v) is 8.53. The van der Waals surface area contributed by atoms with Gasteiger partial charge in [-0.05, 0) is 49.1 Å². The van der Waals surface area contributed by atoms with Gasteiger partial charge in [-0.1, -0.05) is 36.7 Å². The van der Waals surface area contributed by atoms with Gasteiger partial charge in [-0.2, -0.15) is 4.31 Å². The van der Waals surface area contributed by atoms with Crippen LogP contribution in [0.2, 0.25) is 5.02 Å². The van der Waals surface area contributed by atoms with Crippen LogP contribution in [0, 0.1) is 0 Å². The molecule has 2 aromatic rings. The fourth-order valence-corrected chi connectivity index (χ4v) is 5.07. The summed E-state index contributed by atoms with van der Waals surface area (Å²) in [6, 6.07) is 11.9. The van der Waals surface area contributed by atoms with Crippen molar-refractivity contribution >= 4 is 33.2 Å². The summed E-state index contributed by atoms with van der Waals surface area (Å²) in [5, 5.41) is 2.98. The van der Waals surface area contributed by atoms with Crippen LogP contribution in [0.4, 0.5) is 5.69 Å². The van der Waals surface area contributed by atoms with Crippen molar-refractivity contribution in [1.29, 1.82) is 0 Å². The number of hydrogen-bond acceptors (Lipinski definition) is 3. The zero-order valence-corrected chi connectivity index (χ0v) is 16.1. The summed E-state index contributed by atoms with van der Waals surface area (Å²) in [6.45, 7) is 2.98. The number of carbonyl (C=O) groups excluding carboxylic acids is 1. The third-order valence-electron chi connectivity index (χ3n) is 4.52. The molecule has 0 aliphatic carbocycles. The molecule has 1 amide bonds. The van der Waals surface area contributed by atoms with Crippen LogP contribution < -0.4 is 5.32 Å². The molecule has 1 aliphatic heterocycles. The quantitative estimate of drug-likeness (QED) is 0.838. The molecule has 0 bridgehead atoms. The molecule has 0 aromatic heterocycles. The molecular formula is C19H21ClN2O3S. The number of carbonyl (C=O) groups is 1. The minimum Gasteiger partial charge on any atom is -0.322 e. The van der Waals surface area contributed by atoms with Crippen LogP contribution in [0.25, 0.3) is 0 Å². The number of sulfonamides is 1. The van der Waals surface area contributed by atoms with Gasteiger partial charge in [-0.15, -0.1) is 0 Å². The van der Waals surface area contributed by atoms with E-state index >= 15 is 0 Å². The normalized spacial score (nSPS) is 15.2. The summed E-state index contributed by atoms with van der Waals surface area (Å²) in [4.78, 5) is 12.6. The van der Waals surface area contributed by atoms with Gasteiger partial charge < -0.3 is 5.32 Å². The first-order valence-electron chi connectivity index (χ1n) is 8.62. The molecule has 0 spiro atoms. The molecule has 2 aromatic carbocycles. The number of para-hydroxylation sites is 1. The van der Waals surface area contributed by atoms with Crippen LogP contribution in [0.1, 0.15) is 35.7 Å². The Morgan fingerprint density at radius 3 is 2.54 bits per heavy atom. The topological polar surface area (TPSA) is 66.5 Å². The lowest BCUT2D eigenvalue weighted by molar-refractivity contribution is 0.102. The van der Waals surface area contributed by atoms with Crippen LogP contribution in [0.3, 0.4) is 0 Å². The summed E-state index contributed by atoms with van der Waals surface area (Å²) >= 11 is 6.13. The highest BCUT2D eigenvalue weighted by Crippen LogP contribution is 2.28. The lowest BCUT2D eigenvalue weighted by Crippen LogP contribution is -2.28. The van der Waals surface area contributed by atoms with Crippen molar-refractivity contribution in [2.45, 2.75) is 31.1 Å². The average molecular weight is 393 g/mol. The summed E-state index contributed by atoms with van der Waals surface area (Å²) < 4.78 is 27.0. The Hall–Kier alpha value is -1.89. The SMILES string of the molecule is CCc1ccccc1NC(=O)c1ccc(Cl)c(S(=O)(=O)N2CCCC2)c1. The van der Waals surface area contributed by atoms with Gasteiger partial charge in [0.1, 0.15) is 4.90 Å². The number of anilines is 1. The highest BCUT2D eigenvalue weighted by atomic mass is 35.5. The second-order valence-electron chi connectivity index (χ2n) is 6.22. The van der Waals surface area contributed by atoms with Gasteiger partial charge in [0.2, 0.25) is 10.0 Å². The lowest BCUT2D eigenvalue weighted by Gasteiger charge is -2.17. The molecule has 26 heavy (non-hydrogen) atoms. The molecule has 5 nitrogen and oxygen atoms in total. The van der Waals surface area contributed by atoms with Crippen molar-refractivity contribution in [1.82, 2.24) is 4.31 Å². The minimum atomic E-state index is -3.69. The molecule has 1 saturated heterocycles. The van der Waals surface area contributed by atoms with E-state index in [-0.39, 0.29) is 21.4 Å². The molecule has 1 fully saturated rings. The summed E-state index contributed by atoms with van der Waals surface area (Å²) in [6.07, 6.45) is 2.46. The predicted octanol–water partition coefficient (Wildman–Crippen LogP) is 3.94. The van der Waals surface area contributed by atoms with Gasteiger partial charge >= 0.3 is 0 Å². The molecule has 0 unspecified atom stereocenters. The number of rotatable bonds is 5. The number of halogens is 1. The smallest absolute Gasteiger partial charge is 0.255 e. The number of aryl methyl sites for hydroxylation is 1. The Kier molecular flexibility index (Phi) is 5.65. The van der Waals surface area contributed by atoms with E-state index in [2.05, 4.69) is 5.32 Å². The maximum atomic E-state index is 12.8. The first-order chi connectivity index (χ1) is 12.4.